The van der Waals surface area contributed by atoms with E-state index in [1.165, 1.54) is 24.3 Å². The highest BCUT2D eigenvalue weighted by molar-refractivity contribution is 14.1. The summed E-state index contributed by atoms with van der Waals surface area (Å²) in [7, 11) is 0. The third kappa shape index (κ3) is 4.92. The van der Waals surface area contributed by atoms with E-state index in [0.717, 1.165) is 31.2 Å². The SMILES string of the molecule is Fc1cc(-c2ccc(-c3ccc(C4CCC(I)CC4)cc3F)cc2F)ccc1N=C=S. The Morgan fingerprint density at radius 1 is 0.774 bits per heavy atom. The standard InChI is InChI=1S/C25H19F3INS/c26-22-11-16(15-1-6-19(29)7-2-15)3-8-20(22)17-4-9-21(23(27)12-17)18-5-10-25(30-14-31)24(28)13-18/h3-5,8-13,15,19H,1-2,6-7H2. The number of benzene rings is 3. The lowest BCUT2D eigenvalue weighted by Gasteiger charge is -2.25. The second kappa shape index (κ2) is 9.63. The largest absolute Gasteiger partial charge is 0.206 e. The first-order valence-corrected chi connectivity index (χ1v) is 11.7. The van der Waals surface area contributed by atoms with E-state index in [4.69, 9.17) is 0 Å². The van der Waals surface area contributed by atoms with Crippen molar-refractivity contribution in [2.45, 2.75) is 35.5 Å². The van der Waals surface area contributed by atoms with E-state index in [1.807, 2.05) is 6.07 Å². The molecule has 3 aromatic rings. The van der Waals surface area contributed by atoms with E-state index in [-0.39, 0.29) is 17.1 Å². The molecule has 0 unspecified atom stereocenters. The van der Waals surface area contributed by atoms with Crippen molar-refractivity contribution < 1.29 is 13.2 Å². The molecule has 0 amide bonds. The maximum Gasteiger partial charge on any atom is 0.150 e. The minimum absolute atomic E-state index is 0.0462. The van der Waals surface area contributed by atoms with Gasteiger partial charge in [0.25, 0.3) is 0 Å². The average molecular weight is 549 g/mol. The van der Waals surface area contributed by atoms with Gasteiger partial charge in [0.15, 0.2) is 0 Å². The first kappa shape index (κ1) is 22.2. The Morgan fingerprint density at radius 3 is 1.94 bits per heavy atom. The number of hydrogen-bond acceptors (Lipinski definition) is 2. The molecule has 4 rings (SSSR count). The molecule has 0 N–H and O–H groups in total. The molecule has 1 aliphatic carbocycles. The normalized spacial score (nSPS) is 18.5. The van der Waals surface area contributed by atoms with Crippen LogP contribution in [-0.2, 0) is 0 Å². The van der Waals surface area contributed by atoms with Gasteiger partial charge in [-0.1, -0.05) is 52.9 Å². The van der Waals surface area contributed by atoms with Crippen LogP contribution in [0.15, 0.2) is 59.6 Å². The number of rotatable bonds is 4. The highest BCUT2D eigenvalue weighted by Crippen LogP contribution is 2.38. The van der Waals surface area contributed by atoms with Crippen LogP contribution >= 0.6 is 34.8 Å². The Kier molecular flexibility index (Phi) is 6.89. The summed E-state index contributed by atoms with van der Waals surface area (Å²) < 4.78 is 44.6. The van der Waals surface area contributed by atoms with E-state index < -0.39 is 11.6 Å². The van der Waals surface area contributed by atoms with Crippen molar-refractivity contribution in [1.82, 2.24) is 0 Å². The monoisotopic (exact) mass is 549 g/mol. The van der Waals surface area contributed by atoms with Gasteiger partial charge in [-0.2, -0.15) is 4.99 Å². The zero-order valence-corrected chi connectivity index (χ0v) is 19.5. The van der Waals surface area contributed by atoms with Gasteiger partial charge in [-0.3, -0.25) is 0 Å². The first-order chi connectivity index (χ1) is 15.0. The summed E-state index contributed by atoms with van der Waals surface area (Å²) >= 11 is 6.97. The van der Waals surface area contributed by atoms with E-state index in [1.54, 1.807) is 24.3 Å². The van der Waals surface area contributed by atoms with Crippen LogP contribution in [0.1, 0.15) is 37.2 Å². The molecule has 3 aromatic carbocycles. The topological polar surface area (TPSA) is 12.4 Å². The van der Waals surface area contributed by atoms with E-state index >= 15 is 0 Å². The number of isothiocyanates is 1. The van der Waals surface area contributed by atoms with Crippen molar-refractivity contribution in [3.05, 3.63) is 77.6 Å². The smallest absolute Gasteiger partial charge is 0.150 e. The summed E-state index contributed by atoms with van der Waals surface area (Å²) in [5, 5.41) is 2.11. The summed E-state index contributed by atoms with van der Waals surface area (Å²) in [6, 6.07) is 13.9. The number of halogens is 4. The van der Waals surface area contributed by atoms with Crippen LogP contribution < -0.4 is 0 Å². The zero-order valence-electron chi connectivity index (χ0n) is 16.5. The van der Waals surface area contributed by atoms with Gasteiger partial charge in [-0.15, -0.1) is 0 Å². The maximum atomic E-state index is 14.9. The van der Waals surface area contributed by atoms with Gasteiger partial charge in [0.1, 0.15) is 23.1 Å². The summed E-state index contributed by atoms with van der Waals surface area (Å²) in [5.41, 5.74) is 2.46. The molecule has 1 aliphatic rings. The number of thiocarbonyl (C=S) groups is 1. The Labute approximate surface area is 198 Å². The fourth-order valence-corrected chi connectivity index (χ4v) is 4.95. The third-order valence-electron chi connectivity index (χ3n) is 5.83. The molecule has 6 heteroatoms. The summed E-state index contributed by atoms with van der Waals surface area (Å²) in [6.07, 6.45) is 4.45. The van der Waals surface area contributed by atoms with Gasteiger partial charge < -0.3 is 0 Å². The Balaban J connectivity index is 1.61. The fraction of sp³-hybridized carbons (Fsp3) is 0.240. The quantitative estimate of drug-likeness (QED) is 0.137. The number of alkyl halides is 1. The van der Waals surface area contributed by atoms with Crippen LogP contribution in [0.5, 0.6) is 0 Å². The molecule has 1 saturated carbocycles. The molecule has 0 saturated heterocycles. The molecule has 0 heterocycles. The predicted molar refractivity (Wildman–Crippen MR) is 131 cm³/mol. The van der Waals surface area contributed by atoms with Gasteiger partial charge in [0, 0.05) is 15.1 Å². The highest BCUT2D eigenvalue weighted by atomic mass is 127. The van der Waals surface area contributed by atoms with E-state index in [0.29, 0.717) is 26.5 Å². The van der Waals surface area contributed by atoms with Gasteiger partial charge in [0.2, 0.25) is 0 Å². The number of nitrogens with zero attached hydrogens (tertiary/aromatic N) is 1. The minimum atomic E-state index is -0.614. The van der Waals surface area contributed by atoms with Gasteiger partial charge in [-0.05, 0) is 84.8 Å². The first-order valence-electron chi connectivity index (χ1n) is 10.1. The lowest BCUT2D eigenvalue weighted by Crippen LogP contribution is -2.12. The summed E-state index contributed by atoms with van der Waals surface area (Å²) in [5.74, 6) is -1.13. The molecule has 0 radical (unpaired) electrons. The van der Waals surface area contributed by atoms with Crippen molar-refractivity contribution in [2.24, 2.45) is 4.99 Å². The van der Waals surface area contributed by atoms with Crippen molar-refractivity contribution in [2.75, 3.05) is 0 Å². The number of hydrogen-bond donors (Lipinski definition) is 0. The third-order valence-corrected chi connectivity index (χ3v) is 7.16. The molecule has 0 atom stereocenters. The molecule has 31 heavy (non-hydrogen) atoms. The van der Waals surface area contributed by atoms with Gasteiger partial charge >= 0.3 is 0 Å². The Morgan fingerprint density at radius 2 is 1.35 bits per heavy atom. The van der Waals surface area contributed by atoms with Crippen molar-refractivity contribution in [3.8, 4) is 22.3 Å². The molecule has 1 fully saturated rings. The molecular weight excluding hydrogens is 530 g/mol. The zero-order chi connectivity index (χ0) is 22.0. The van der Waals surface area contributed by atoms with Gasteiger partial charge in [0.05, 0.1) is 5.16 Å². The molecule has 0 bridgehead atoms. The minimum Gasteiger partial charge on any atom is -0.206 e. The lowest BCUT2D eigenvalue weighted by molar-refractivity contribution is 0.460. The molecule has 158 valence electrons. The second-order valence-electron chi connectivity index (χ2n) is 7.75. The van der Waals surface area contributed by atoms with Crippen molar-refractivity contribution in [1.29, 1.82) is 0 Å². The van der Waals surface area contributed by atoms with Crippen LogP contribution in [0.4, 0.5) is 18.9 Å². The maximum absolute atomic E-state index is 14.9. The Bertz CT molecular complexity index is 1170. The summed E-state index contributed by atoms with van der Waals surface area (Å²) in [4.78, 5) is 3.63. The molecule has 0 aromatic heterocycles. The van der Waals surface area contributed by atoms with Crippen molar-refractivity contribution in [3.63, 3.8) is 0 Å². The van der Waals surface area contributed by atoms with E-state index in [2.05, 4.69) is 45.0 Å². The highest BCUT2D eigenvalue weighted by Gasteiger charge is 2.21. The van der Waals surface area contributed by atoms with Crippen LogP contribution in [0.25, 0.3) is 22.3 Å². The predicted octanol–water partition coefficient (Wildman–Crippen LogP) is 8.63. The molecular formula is C25H19F3INS. The fourth-order valence-electron chi connectivity index (χ4n) is 4.14. The second-order valence-corrected chi connectivity index (χ2v) is 9.70. The molecule has 0 aliphatic heterocycles. The average Bonchev–Trinajstić information content (AvgIpc) is 2.76. The number of aliphatic imine (C=N–C) groups is 1. The van der Waals surface area contributed by atoms with Crippen LogP contribution in [0.2, 0.25) is 0 Å². The lowest BCUT2D eigenvalue weighted by atomic mass is 9.83. The van der Waals surface area contributed by atoms with Crippen LogP contribution in [0.3, 0.4) is 0 Å². The molecule has 1 nitrogen and oxygen atoms in total. The van der Waals surface area contributed by atoms with Gasteiger partial charge in [-0.25, -0.2) is 13.2 Å². The summed E-state index contributed by atoms with van der Waals surface area (Å²) in [6.45, 7) is 0. The van der Waals surface area contributed by atoms with Crippen molar-refractivity contribution >= 4 is 45.7 Å². The van der Waals surface area contributed by atoms with Crippen LogP contribution in [-0.4, -0.2) is 9.09 Å². The van der Waals surface area contributed by atoms with E-state index in [9.17, 15) is 13.2 Å². The Hall–Kier alpha value is -2.02. The van der Waals surface area contributed by atoms with Crippen LogP contribution in [0, 0.1) is 17.5 Å². The molecule has 0 spiro atoms.